The maximum atomic E-state index is 6.26. The van der Waals surface area contributed by atoms with Crippen LogP contribution in [0.5, 0.6) is 0 Å². The second-order valence-corrected chi connectivity index (χ2v) is 3.62. The van der Waals surface area contributed by atoms with Crippen molar-refractivity contribution in [3.05, 3.63) is 47.7 Å². The number of benzene rings is 2. The second-order valence-electron chi connectivity index (χ2n) is 3.24. The Morgan fingerprint density at radius 1 is 1.00 bits per heavy atom. The molecule has 2 heteroatoms. The number of hydrogen-bond acceptors (Lipinski definition) is 1. The van der Waals surface area contributed by atoms with Crippen LogP contribution in [-0.4, -0.2) is 0 Å². The molecule has 0 atom stereocenters. The molecule has 1 nitrogen and oxygen atoms in total. The van der Waals surface area contributed by atoms with Gasteiger partial charge in [-0.25, -0.2) is 0 Å². The average Bonchev–Trinajstić information content (AvgIpc) is 2.66. The first-order chi connectivity index (χ1) is 6.86. The SMILES string of the molecule is Clc1c2ccccc2cc2occc12. The quantitative estimate of drug-likeness (QED) is 0.532. The summed E-state index contributed by atoms with van der Waals surface area (Å²) in [7, 11) is 0. The van der Waals surface area contributed by atoms with Gasteiger partial charge in [0.15, 0.2) is 0 Å². The number of hydrogen-bond donors (Lipinski definition) is 0. The largest absolute Gasteiger partial charge is 0.464 e. The fourth-order valence-electron chi connectivity index (χ4n) is 1.72. The van der Waals surface area contributed by atoms with Gasteiger partial charge in [-0.3, -0.25) is 0 Å². The minimum Gasteiger partial charge on any atom is -0.464 e. The molecular formula is C12H7ClO. The monoisotopic (exact) mass is 202 g/mol. The molecule has 1 heterocycles. The van der Waals surface area contributed by atoms with Crippen LogP contribution < -0.4 is 0 Å². The predicted octanol–water partition coefficient (Wildman–Crippen LogP) is 4.24. The van der Waals surface area contributed by atoms with E-state index in [4.69, 9.17) is 16.0 Å². The second kappa shape index (κ2) is 2.76. The third-order valence-corrected chi connectivity index (χ3v) is 2.82. The van der Waals surface area contributed by atoms with E-state index in [-0.39, 0.29) is 0 Å². The van der Waals surface area contributed by atoms with Crippen molar-refractivity contribution >= 4 is 33.3 Å². The van der Waals surface area contributed by atoms with Crippen molar-refractivity contribution in [2.45, 2.75) is 0 Å². The highest BCUT2D eigenvalue weighted by atomic mass is 35.5. The molecule has 0 saturated heterocycles. The van der Waals surface area contributed by atoms with Crippen LogP contribution in [0.25, 0.3) is 21.7 Å². The molecule has 0 aliphatic heterocycles. The van der Waals surface area contributed by atoms with Crippen molar-refractivity contribution in [1.82, 2.24) is 0 Å². The molecule has 0 saturated carbocycles. The van der Waals surface area contributed by atoms with Gasteiger partial charge in [0, 0.05) is 10.8 Å². The fourth-order valence-corrected chi connectivity index (χ4v) is 2.05. The van der Waals surface area contributed by atoms with E-state index in [9.17, 15) is 0 Å². The van der Waals surface area contributed by atoms with Gasteiger partial charge in [-0.2, -0.15) is 0 Å². The van der Waals surface area contributed by atoms with Gasteiger partial charge in [0.2, 0.25) is 0 Å². The lowest BCUT2D eigenvalue weighted by Crippen LogP contribution is -1.74. The van der Waals surface area contributed by atoms with Crippen molar-refractivity contribution < 1.29 is 4.42 Å². The molecule has 0 amide bonds. The van der Waals surface area contributed by atoms with Crippen LogP contribution in [0.4, 0.5) is 0 Å². The van der Waals surface area contributed by atoms with Gasteiger partial charge in [0.25, 0.3) is 0 Å². The Morgan fingerprint density at radius 2 is 1.86 bits per heavy atom. The van der Waals surface area contributed by atoms with E-state index >= 15 is 0 Å². The van der Waals surface area contributed by atoms with Crippen LogP contribution in [0, 0.1) is 0 Å². The van der Waals surface area contributed by atoms with Gasteiger partial charge < -0.3 is 4.42 Å². The van der Waals surface area contributed by atoms with Crippen LogP contribution in [0.15, 0.2) is 47.1 Å². The van der Waals surface area contributed by atoms with Gasteiger partial charge in [-0.1, -0.05) is 35.9 Å². The summed E-state index contributed by atoms with van der Waals surface area (Å²) >= 11 is 6.26. The lowest BCUT2D eigenvalue weighted by Gasteiger charge is -2.00. The molecule has 2 aromatic carbocycles. The summed E-state index contributed by atoms with van der Waals surface area (Å²) in [4.78, 5) is 0. The zero-order chi connectivity index (χ0) is 9.54. The highest BCUT2D eigenvalue weighted by molar-refractivity contribution is 6.40. The van der Waals surface area contributed by atoms with Crippen molar-refractivity contribution in [2.24, 2.45) is 0 Å². The Hall–Kier alpha value is -1.47. The number of furan rings is 1. The van der Waals surface area contributed by atoms with E-state index < -0.39 is 0 Å². The molecule has 0 bridgehead atoms. The zero-order valence-electron chi connectivity index (χ0n) is 7.33. The Morgan fingerprint density at radius 3 is 2.79 bits per heavy atom. The first kappa shape index (κ1) is 7.89. The van der Waals surface area contributed by atoms with E-state index in [1.165, 1.54) is 0 Å². The Kier molecular flexibility index (Phi) is 1.55. The Bertz CT molecular complexity index is 610. The molecule has 0 unspecified atom stereocenters. The average molecular weight is 203 g/mol. The van der Waals surface area contributed by atoms with E-state index in [1.54, 1.807) is 6.26 Å². The van der Waals surface area contributed by atoms with Crippen molar-refractivity contribution in [3.8, 4) is 0 Å². The minimum absolute atomic E-state index is 0.770. The molecule has 0 spiro atoms. The smallest absolute Gasteiger partial charge is 0.135 e. The molecule has 0 aliphatic rings. The first-order valence-corrected chi connectivity index (χ1v) is 4.78. The van der Waals surface area contributed by atoms with Crippen LogP contribution in [0.1, 0.15) is 0 Å². The number of fused-ring (bicyclic) bond motifs is 2. The molecule has 0 N–H and O–H groups in total. The summed E-state index contributed by atoms with van der Waals surface area (Å²) in [5.41, 5.74) is 0.841. The van der Waals surface area contributed by atoms with Crippen molar-refractivity contribution in [2.75, 3.05) is 0 Å². The highest BCUT2D eigenvalue weighted by Crippen LogP contribution is 2.32. The maximum Gasteiger partial charge on any atom is 0.135 e. The third-order valence-electron chi connectivity index (χ3n) is 2.42. The van der Waals surface area contributed by atoms with Crippen LogP contribution >= 0.6 is 11.6 Å². The molecule has 14 heavy (non-hydrogen) atoms. The van der Waals surface area contributed by atoms with E-state index in [0.717, 1.165) is 26.8 Å². The third kappa shape index (κ3) is 0.962. The molecule has 0 aliphatic carbocycles. The molecule has 0 radical (unpaired) electrons. The van der Waals surface area contributed by atoms with Gasteiger partial charge >= 0.3 is 0 Å². The number of rotatable bonds is 0. The fraction of sp³-hybridized carbons (Fsp3) is 0. The predicted molar refractivity (Wildman–Crippen MR) is 58.7 cm³/mol. The van der Waals surface area contributed by atoms with Gasteiger partial charge in [-0.05, 0) is 17.5 Å². The van der Waals surface area contributed by atoms with Crippen LogP contribution in [0.2, 0.25) is 5.02 Å². The molecule has 0 fully saturated rings. The summed E-state index contributed by atoms with van der Waals surface area (Å²) in [6, 6.07) is 11.9. The minimum atomic E-state index is 0.770. The molecule has 68 valence electrons. The summed E-state index contributed by atoms with van der Waals surface area (Å²) in [6.07, 6.45) is 1.66. The molecular weight excluding hydrogens is 196 g/mol. The van der Waals surface area contributed by atoms with E-state index in [0.29, 0.717) is 0 Å². The van der Waals surface area contributed by atoms with Gasteiger partial charge in [-0.15, -0.1) is 0 Å². The Labute approximate surface area is 85.9 Å². The van der Waals surface area contributed by atoms with E-state index in [1.807, 2.05) is 36.4 Å². The van der Waals surface area contributed by atoms with Crippen molar-refractivity contribution in [3.63, 3.8) is 0 Å². The Balaban J connectivity index is 2.63. The molecule has 3 rings (SSSR count). The summed E-state index contributed by atoms with van der Waals surface area (Å²) in [6.45, 7) is 0. The van der Waals surface area contributed by atoms with Crippen LogP contribution in [0.3, 0.4) is 0 Å². The van der Waals surface area contributed by atoms with Crippen molar-refractivity contribution in [1.29, 1.82) is 0 Å². The highest BCUT2D eigenvalue weighted by Gasteiger charge is 2.06. The lowest BCUT2D eigenvalue weighted by molar-refractivity contribution is 0.616. The maximum absolute atomic E-state index is 6.26. The zero-order valence-corrected chi connectivity index (χ0v) is 8.08. The summed E-state index contributed by atoms with van der Waals surface area (Å²) in [5.74, 6) is 0. The van der Waals surface area contributed by atoms with Gasteiger partial charge in [0.05, 0.1) is 11.3 Å². The standard InChI is InChI=1S/C12H7ClO/c13-12-9-4-2-1-3-8(9)7-11-10(12)5-6-14-11/h1-7H. The summed E-state index contributed by atoms with van der Waals surface area (Å²) < 4.78 is 5.32. The normalized spacial score (nSPS) is 11.2. The number of halogens is 1. The van der Waals surface area contributed by atoms with E-state index in [2.05, 4.69) is 0 Å². The topological polar surface area (TPSA) is 13.1 Å². The first-order valence-electron chi connectivity index (χ1n) is 4.41. The van der Waals surface area contributed by atoms with Gasteiger partial charge in [0.1, 0.15) is 5.58 Å². The lowest BCUT2D eigenvalue weighted by atomic mass is 10.1. The molecule has 1 aromatic heterocycles. The molecule has 3 aromatic rings. The van der Waals surface area contributed by atoms with Crippen LogP contribution in [-0.2, 0) is 0 Å². The summed E-state index contributed by atoms with van der Waals surface area (Å²) in [5, 5.41) is 3.93.